The molecular weight excluding hydrogens is 860 g/mol. The Morgan fingerprint density at radius 3 is 1.55 bits per heavy atom. The fourth-order valence-corrected chi connectivity index (χ4v) is 12.5. The zero-order valence-corrected chi connectivity index (χ0v) is 38.5. The maximum absolute atomic E-state index is 7.50. The molecule has 8 heteroatoms. The molecule has 10 aromatic carbocycles. The summed E-state index contributed by atoms with van der Waals surface area (Å²) in [5.74, 6) is 2.61. The maximum Gasteiger partial charge on any atom is 0.431 e. The number of hydrogen-bond donors (Lipinski definition) is 0. The van der Waals surface area contributed by atoms with E-state index in [0.29, 0.717) is 0 Å². The minimum atomic E-state index is -0.380. The molecule has 10 aromatic rings. The SMILES string of the molecule is Cc1c2c(cc3c1N(c1ccccc1)c1cc(N(c4ccccc4)c4ccccc4)cc4c1B3Oc1ccccc1-4)B1Sc3ccccc3-c3cc(N(c4ccccc4)c4ccccc4)cc(c31)O2. The van der Waals surface area contributed by atoms with Gasteiger partial charge in [-0.25, -0.2) is 0 Å². The molecule has 0 radical (unpaired) electrons. The van der Waals surface area contributed by atoms with Crippen LogP contribution in [0.15, 0.2) is 235 Å². The quantitative estimate of drug-likeness (QED) is 0.148. The van der Waals surface area contributed by atoms with Gasteiger partial charge in [-0.1, -0.05) is 133 Å². The van der Waals surface area contributed by atoms with E-state index in [4.69, 9.17) is 9.39 Å². The van der Waals surface area contributed by atoms with Crippen molar-refractivity contribution in [1.29, 1.82) is 0 Å². The first-order valence-electron chi connectivity index (χ1n) is 23.5. The van der Waals surface area contributed by atoms with Crippen molar-refractivity contribution in [2.45, 2.75) is 11.8 Å². The normalized spacial score (nSPS) is 13.1. The Morgan fingerprint density at radius 1 is 0.435 bits per heavy atom. The molecule has 4 heterocycles. The smallest absolute Gasteiger partial charge is 0.431 e. The van der Waals surface area contributed by atoms with Gasteiger partial charge >= 0.3 is 6.92 Å². The summed E-state index contributed by atoms with van der Waals surface area (Å²) in [7, 11) is 0. The van der Waals surface area contributed by atoms with Crippen LogP contribution in [0.4, 0.5) is 51.2 Å². The molecule has 14 rings (SSSR count). The zero-order valence-electron chi connectivity index (χ0n) is 37.7. The largest absolute Gasteiger partial charge is 0.551 e. The lowest BCUT2D eigenvalue weighted by Gasteiger charge is -2.43. The number of rotatable bonds is 7. The highest BCUT2D eigenvalue weighted by atomic mass is 32.2. The Hall–Kier alpha value is -8.32. The van der Waals surface area contributed by atoms with Crippen LogP contribution in [0, 0.1) is 6.92 Å². The fourth-order valence-electron chi connectivity index (χ4n) is 11.1. The number of fused-ring (bicyclic) bond motifs is 8. The summed E-state index contributed by atoms with van der Waals surface area (Å²) >= 11 is 1.92. The number of para-hydroxylation sites is 6. The molecule has 0 saturated heterocycles. The van der Waals surface area contributed by atoms with E-state index in [2.05, 4.69) is 252 Å². The third-order valence-corrected chi connectivity index (χ3v) is 15.3. The average molecular weight is 902 g/mol. The van der Waals surface area contributed by atoms with Gasteiger partial charge in [0.1, 0.15) is 17.2 Å². The third kappa shape index (κ3) is 6.29. The summed E-state index contributed by atoms with van der Waals surface area (Å²) in [6.45, 7) is 1.87. The standard InChI is InChI=1S/C61H41B2N3O2S/c1-40-60-52(39-53-61(40)67-56-38-47(36-51-49-32-18-20-34-57(49)69-63(53)59(51)56)65(43-25-11-4-12-26-43)44-27-13-5-14-28-44)62-58-50(48-31-17-19-33-55(48)68-62)35-46(37-54(58)66(60)45-29-15-6-16-30-45)64(41-21-7-2-8-22-41)42-23-9-3-10-24-42/h2-39H,1H3. The number of anilines is 9. The summed E-state index contributed by atoms with van der Waals surface area (Å²) in [5, 5.41) is 0. The van der Waals surface area contributed by atoms with Crippen LogP contribution in [0.2, 0.25) is 0 Å². The van der Waals surface area contributed by atoms with Crippen molar-refractivity contribution in [3.63, 3.8) is 0 Å². The molecule has 0 saturated carbocycles. The van der Waals surface area contributed by atoms with Crippen LogP contribution < -0.4 is 45.9 Å². The third-order valence-electron chi connectivity index (χ3n) is 14.0. The van der Waals surface area contributed by atoms with Gasteiger partial charge in [0.15, 0.2) is 0 Å². The Bertz CT molecular complexity index is 3560. The Labute approximate surface area is 406 Å². The van der Waals surface area contributed by atoms with Crippen molar-refractivity contribution in [1.82, 2.24) is 0 Å². The first-order chi connectivity index (χ1) is 34.2. The molecule has 4 aliphatic rings. The summed E-state index contributed by atoms with van der Waals surface area (Å²) in [5.41, 5.74) is 20.0. The van der Waals surface area contributed by atoms with Crippen molar-refractivity contribution >= 4 is 97.6 Å². The second-order valence-electron chi connectivity index (χ2n) is 18.0. The summed E-state index contributed by atoms with van der Waals surface area (Å²) in [4.78, 5) is 8.42. The van der Waals surface area contributed by atoms with Crippen molar-refractivity contribution in [3.05, 3.63) is 236 Å². The van der Waals surface area contributed by atoms with Crippen LogP contribution in [0.25, 0.3) is 22.3 Å². The van der Waals surface area contributed by atoms with Gasteiger partial charge in [0.25, 0.3) is 5.99 Å². The highest BCUT2D eigenvalue weighted by Crippen LogP contribution is 2.52. The van der Waals surface area contributed by atoms with Crippen molar-refractivity contribution in [2.24, 2.45) is 0 Å². The monoisotopic (exact) mass is 901 g/mol. The molecule has 4 aliphatic heterocycles. The molecule has 324 valence electrons. The Kier molecular flexibility index (Phi) is 9.17. The molecule has 69 heavy (non-hydrogen) atoms. The van der Waals surface area contributed by atoms with Gasteiger partial charge in [-0.3, -0.25) is 0 Å². The van der Waals surface area contributed by atoms with Gasteiger partial charge in [-0.15, -0.1) is 0 Å². The van der Waals surface area contributed by atoms with Crippen molar-refractivity contribution < 1.29 is 9.39 Å². The van der Waals surface area contributed by atoms with Crippen LogP contribution in [-0.2, 0) is 0 Å². The van der Waals surface area contributed by atoms with Crippen LogP contribution in [0.3, 0.4) is 0 Å². The molecule has 0 spiro atoms. The highest BCUT2D eigenvalue weighted by molar-refractivity contribution is 8.28. The molecule has 0 unspecified atom stereocenters. The molecule has 5 nitrogen and oxygen atoms in total. The van der Waals surface area contributed by atoms with E-state index in [9.17, 15) is 0 Å². The zero-order chi connectivity index (χ0) is 45.6. The second kappa shape index (κ2) is 15.9. The van der Waals surface area contributed by atoms with Crippen LogP contribution in [0.1, 0.15) is 5.56 Å². The second-order valence-corrected chi connectivity index (χ2v) is 19.1. The summed E-state index contributed by atoms with van der Waals surface area (Å²) in [6, 6.07) is 82.6. The lowest BCUT2D eigenvalue weighted by molar-refractivity contribution is 0.484. The van der Waals surface area contributed by atoms with Crippen LogP contribution in [0.5, 0.6) is 17.2 Å². The lowest BCUT2D eigenvalue weighted by Crippen LogP contribution is -2.58. The summed E-state index contributed by atoms with van der Waals surface area (Å²) in [6.07, 6.45) is 0. The van der Waals surface area contributed by atoms with E-state index in [1.54, 1.807) is 0 Å². The van der Waals surface area contributed by atoms with Gasteiger partial charge in [0.05, 0.1) is 11.4 Å². The number of nitrogens with zero attached hydrogens (tertiary/aromatic N) is 3. The van der Waals surface area contributed by atoms with Crippen LogP contribution >= 0.6 is 11.6 Å². The average Bonchev–Trinajstić information content (AvgIpc) is 3.41. The predicted molar refractivity (Wildman–Crippen MR) is 289 cm³/mol. The van der Waals surface area contributed by atoms with Gasteiger partial charge in [-0.2, -0.15) is 11.6 Å². The lowest BCUT2D eigenvalue weighted by atomic mass is 9.47. The Balaban J connectivity index is 1.02. The molecule has 0 N–H and O–H groups in total. The number of benzene rings is 10. The molecule has 0 amide bonds. The molecule has 0 aliphatic carbocycles. The molecule has 0 bridgehead atoms. The van der Waals surface area contributed by atoms with Crippen molar-refractivity contribution in [2.75, 3.05) is 14.7 Å². The van der Waals surface area contributed by atoms with E-state index in [1.807, 2.05) is 11.6 Å². The summed E-state index contributed by atoms with van der Waals surface area (Å²) < 4.78 is 14.8. The van der Waals surface area contributed by atoms with Gasteiger partial charge in [0.2, 0.25) is 0 Å². The maximum atomic E-state index is 7.50. The van der Waals surface area contributed by atoms with E-state index in [-0.39, 0.29) is 12.9 Å². The first kappa shape index (κ1) is 39.8. The Morgan fingerprint density at radius 2 is 0.942 bits per heavy atom. The van der Waals surface area contributed by atoms with E-state index >= 15 is 0 Å². The van der Waals surface area contributed by atoms with E-state index in [0.717, 1.165) is 102 Å². The van der Waals surface area contributed by atoms with Crippen molar-refractivity contribution in [3.8, 4) is 39.5 Å². The van der Waals surface area contributed by atoms with E-state index < -0.39 is 0 Å². The predicted octanol–water partition coefficient (Wildman–Crippen LogP) is 13.9. The molecular formula is C61H41B2N3O2S. The minimum Gasteiger partial charge on any atom is -0.551 e. The number of ether oxygens (including phenoxy) is 1. The first-order valence-corrected chi connectivity index (χ1v) is 24.4. The molecule has 0 atom stereocenters. The van der Waals surface area contributed by atoms with Gasteiger partial charge in [-0.05, 0) is 131 Å². The highest BCUT2D eigenvalue weighted by Gasteiger charge is 2.48. The number of hydrogen-bond acceptors (Lipinski definition) is 6. The minimum absolute atomic E-state index is 0.0248. The van der Waals surface area contributed by atoms with Gasteiger partial charge < -0.3 is 24.1 Å². The molecule has 0 aromatic heterocycles. The topological polar surface area (TPSA) is 28.2 Å². The van der Waals surface area contributed by atoms with Gasteiger partial charge in [0, 0.05) is 67.4 Å². The fraction of sp³-hybridized carbons (Fsp3) is 0.0164. The van der Waals surface area contributed by atoms with Crippen LogP contribution in [-0.4, -0.2) is 12.9 Å². The molecule has 0 fully saturated rings. The van der Waals surface area contributed by atoms with E-state index in [1.165, 1.54) is 21.5 Å².